The number of hydrogen-bond acceptors (Lipinski definition) is 7. The Morgan fingerprint density at radius 2 is 1.86 bits per heavy atom. The molecule has 0 saturated carbocycles. The third kappa shape index (κ3) is 8.40. The van der Waals surface area contributed by atoms with E-state index in [-0.39, 0.29) is 18.6 Å². The molecule has 0 fully saturated rings. The molecule has 0 spiro atoms. The van der Waals surface area contributed by atoms with Gasteiger partial charge in [0.25, 0.3) is 0 Å². The van der Waals surface area contributed by atoms with E-state index in [0.717, 1.165) is 5.56 Å². The third-order valence-corrected chi connectivity index (χ3v) is 4.16. The van der Waals surface area contributed by atoms with Crippen LogP contribution in [0, 0.1) is 0 Å². The number of carbonyl (C=O) groups is 4. The summed E-state index contributed by atoms with van der Waals surface area (Å²) in [5.74, 6) is -3.02. The van der Waals surface area contributed by atoms with Crippen LogP contribution in [0.25, 0.3) is 0 Å². The van der Waals surface area contributed by atoms with E-state index >= 15 is 0 Å². The Bertz CT molecular complexity index is 685. The Kier molecular flexibility index (Phi) is 10.0. The molecule has 0 aliphatic carbocycles. The van der Waals surface area contributed by atoms with Crippen molar-refractivity contribution < 1.29 is 29.0 Å². The van der Waals surface area contributed by atoms with Gasteiger partial charge in [0.2, 0.25) is 11.8 Å². The molecule has 154 valence electrons. The zero-order valence-electron chi connectivity index (χ0n) is 15.5. The van der Waals surface area contributed by atoms with Crippen molar-refractivity contribution in [1.82, 2.24) is 10.6 Å². The first-order chi connectivity index (χ1) is 13.2. The smallest absolute Gasteiger partial charge is 0.323 e. The van der Waals surface area contributed by atoms with Gasteiger partial charge in [0.1, 0.15) is 24.7 Å². The lowest BCUT2D eigenvalue weighted by Crippen LogP contribution is -2.49. The van der Waals surface area contributed by atoms with Crippen LogP contribution in [0.3, 0.4) is 0 Å². The Labute approximate surface area is 168 Å². The molecule has 0 heterocycles. The fraction of sp³-hybridized carbons (Fsp3) is 0.444. The van der Waals surface area contributed by atoms with Crippen molar-refractivity contribution in [3.05, 3.63) is 35.9 Å². The van der Waals surface area contributed by atoms with Crippen LogP contribution in [-0.4, -0.2) is 53.2 Å². The fourth-order valence-electron chi connectivity index (χ4n) is 2.20. The second kappa shape index (κ2) is 12.0. The van der Waals surface area contributed by atoms with Crippen LogP contribution in [0.15, 0.2) is 30.3 Å². The molecular formula is C18H25N3O6S. The Hall–Kier alpha value is -2.59. The molecule has 10 heteroatoms. The van der Waals surface area contributed by atoms with E-state index in [1.165, 1.54) is 0 Å². The number of amides is 2. The first-order valence-electron chi connectivity index (χ1n) is 8.65. The van der Waals surface area contributed by atoms with Crippen LogP contribution in [0.1, 0.15) is 31.4 Å². The summed E-state index contributed by atoms with van der Waals surface area (Å²) < 4.78 is 5.30. The molecule has 0 aliphatic heterocycles. The fourth-order valence-corrected chi connectivity index (χ4v) is 2.46. The van der Waals surface area contributed by atoms with Gasteiger partial charge in [0.15, 0.2) is 0 Å². The summed E-state index contributed by atoms with van der Waals surface area (Å²) in [6.07, 6.45) is -0.547. The lowest BCUT2D eigenvalue weighted by molar-refractivity contribution is -0.150. The summed E-state index contributed by atoms with van der Waals surface area (Å²) in [4.78, 5) is 46.3. The average molecular weight is 411 g/mol. The number of rotatable bonds is 11. The van der Waals surface area contributed by atoms with Crippen LogP contribution in [0.2, 0.25) is 0 Å². The average Bonchev–Trinajstić information content (AvgIpc) is 2.68. The van der Waals surface area contributed by atoms with Gasteiger partial charge in [-0.05, 0) is 18.9 Å². The predicted molar refractivity (Wildman–Crippen MR) is 105 cm³/mol. The van der Waals surface area contributed by atoms with Crippen LogP contribution in [0.4, 0.5) is 0 Å². The zero-order valence-corrected chi connectivity index (χ0v) is 16.4. The van der Waals surface area contributed by atoms with Crippen LogP contribution < -0.4 is 16.4 Å². The number of carboxylic acids is 1. The Balaban J connectivity index is 2.42. The summed E-state index contributed by atoms with van der Waals surface area (Å²) in [5.41, 5.74) is 6.61. The lowest BCUT2D eigenvalue weighted by Gasteiger charge is -2.18. The zero-order chi connectivity index (χ0) is 21.1. The first-order valence-corrected chi connectivity index (χ1v) is 9.28. The van der Waals surface area contributed by atoms with Gasteiger partial charge in [0, 0.05) is 12.2 Å². The molecule has 3 unspecified atom stereocenters. The quantitative estimate of drug-likeness (QED) is 0.254. The van der Waals surface area contributed by atoms with Crippen molar-refractivity contribution in [2.24, 2.45) is 5.73 Å². The Morgan fingerprint density at radius 3 is 2.43 bits per heavy atom. The molecule has 2 amide bonds. The van der Waals surface area contributed by atoms with Crippen molar-refractivity contribution >= 4 is 36.4 Å². The highest BCUT2D eigenvalue weighted by Crippen LogP contribution is 2.17. The molecule has 1 aromatic rings. The number of nitrogens with one attached hydrogen (secondary N) is 2. The second-order valence-corrected chi connectivity index (χ2v) is 6.41. The molecule has 0 saturated heterocycles. The van der Waals surface area contributed by atoms with Gasteiger partial charge >= 0.3 is 11.9 Å². The highest BCUT2D eigenvalue weighted by molar-refractivity contribution is 7.80. The van der Waals surface area contributed by atoms with E-state index in [4.69, 9.17) is 15.6 Å². The number of thiol groups is 1. The topological polar surface area (TPSA) is 148 Å². The number of carbonyl (C=O) groups excluding carboxylic acids is 3. The van der Waals surface area contributed by atoms with Crippen molar-refractivity contribution in [2.45, 2.75) is 38.0 Å². The molecular weight excluding hydrogens is 386 g/mol. The maximum atomic E-state index is 12.1. The largest absolute Gasteiger partial charge is 0.480 e. The molecule has 5 N–H and O–H groups in total. The minimum Gasteiger partial charge on any atom is -0.480 e. The summed E-state index contributed by atoms with van der Waals surface area (Å²) in [6, 6.07) is 7.17. The minimum atomic E-state index is -1.20. The highest BCUT2D eigenvalue weighted by Gasteiger charge is 2.23. The standard InChI is InChI=1S/C18H25N3O6S/c1-11(12-5-3-2-4-6-12)27-18(26)13(19)7-8-15(22)21-14(10-28)17(25)20-9-16(23)24/h2-6,11,13-14,28H,7-10,19H2,1H3,(H,20,25)(H,21,22)(H,23,24). The monoisotopic (exact) mass is 411 g/mol. The molecule has 0 aliphatic rings. The van der Waals surface area contributed by atoms with Crippen molar-refractivity contribution in [1.29, 1.82) is 0 Å². The summed E-state index contributed by atoms with van der Waals surface area (Å²) in [6.45, 7) is 1.16. The lowest BCUT2D eigenvalue weighted by atomic mass is 10.1. The second-order valence-electron chi connectivity index (χ2n) is 6.05. The predicted octanol–water partition coefficient (Wildman–Crippen LogP) is 0.0137. The van der Waals surface area contributed by atoms with Gasteiger partial charge in [-0.25, -0.2) is 0 Å². The van der Waals surface area contributed by atoms with Gasteiger partial charge in [-0.15, -0.1) is 0 Å². The maximum absolute atomic E-state index is 12.1. The SMILES string of the molecule is CC(OC(=O)C(N)CCC(=O)NC(CS)C(=O)NCC(=O)O)c1ccccc1. The molecule has 0 radical (unpaired) electrons. The summed E-state index contributed by atoms with van der Waals surface area (Å²) in [7, 11) is 0. The molecule has 0 aromatic heterocycles. The van der Waals surface area contributed by atoms with Gasteiger partial charge in [-0.1, -0.05) is 30.3 Å². The number of nitrogens with two attached hydrogens (primary N) is 1. The number of aliphatic carboxylic acids is 1. The van der Waals surface area contributed by atoms with E-state index < -0.39 is 48.5 Å². The molecule has 1 rings (SSSR count). The number of hydrogen-bond donors (Lipinski definition) is 5. The number of ether oxygens (including phenoxy) is 1. The van der Waals surface area contributed by atoms with Crippen molar-refractivity contribution in [3.63, 3.8) is 0 Å². The normalized spacial score (nSPS) is 13.7. The van der Waals surface area contributed by atoms with Crippen LogP contribution >= 0.6 is 12.6 Å². The van der Waals surface area contributed by atoms with Gasteiger partial charge in [-0.3, -0.25) is 19.2 Å². The molecule has 0 bridgehead atoms. The summed E-state index contributed by atoms with van der Waals surface area (Å²) in [5, 5.41) is 13.1. The number of esters is 1. The first kappa shape index (κ1) is 23.4. The van der Waals surface area contributed by atoms with Crippen LogP contribution in [0.5, 0.6) is 0 Å². The van der Waals surface area contributed by atoms with E-state index in [9.17, 15) is 19.2 Å². The van der Waals surface area contributed by atoms with Gasteiger partial charge in [0.05, 0.1) is 0 Å². The minimum absolute atomic E-state index is 0.0140. The third-order valence-electron chi connectivity index (χ3n) is 3.80. The van der Waals surface area contributed by atoms with E-state index in [1.54, 1.807) is 6.92 Å². The highest BCUT2D eigenvalue weighted by atomic mass is 32.1. The number of benzene rings is 1. The van der Waals surface area contributed by atoms with E-state index in [0.29, 0.717) is 0 Å². The van der Waals surface area contributed by atoms with Crippen molar-refractivity contribution in [3.8, 4) is 0 Å². The Morgan fingerprint density at radius 1 is 1.21 bits per heavy atom. The maximum Gasteiger partial charge on any atom is 0.323 e. The number of carboxylic acid groups (broad SMARTS) is 1. The summed E-state index contributed by atoms with van der Waals surface area (Å²) >= 11 is 3.97. The van der Waals surface area contributed by atoms with E-state index in [1.807, 2.05) is 30.3 Å². The van der Waals surface area contributed by atoms with Crippen LogP contribution in [-0.2, 0) is 23.9 Å². The molecule has 9 nitrogen and oxygen atoms in total. The van der Waals surface area contributed by atoms with Gasteiger partial charge < -0.3 is 26.2 Å². The molecule has 1 aromatic carbocycles. The van der Waals surface area contributed by atoms with Crippen molar-refractivity contribution in [2.75, 3.05) is 12.3 Å². The van der Waals surface area contributed by atoms with Gasteiger partial charge in [-0.2, -0.15) is 12.6 Å². The van der Waals surface area contributed by atoms with E-state index in [2.05, 4.69) is 23.3 Å². The molecule has 3 atom stereocenters. The molecule has 28 heavy (non-hydrogen) atoms.